The van der Waals surface area contributed by atoms with E-state index in [9.17, 15) is 0 Å². The van der Waals surface area contributed by atoms with Crippen molar-refractivity contribution in [1.29, 1.82) is 0 Å². The molecule has 1 heterocycles. The fourth-order valence-electron chi connectivity index (χ4n) is 7.23. The van der Waals surface area contributed by atoms with Gasteiger partial charge in [0.15, 0.2) is 0 Å². The molecule has 2 N–H and O–H groups in total. The Hall–Kier alpha value is -6.81. The second kappa shape index (κ2) is 15.3. The summed E-state index contributed by atoms with van der Waals surface area (Å²) in [5.41, 5.74) is 14.5. The van der Waals surface area contributed by atoms with Gasteiger partial charge in [0.05, 0.1) is 0 Å². The van der Waals surface area contributed by atoms with Gasteiger partial charge in [-0.25, -0.2) is 0 Å². The van der Waals surface area contributed by atoms with Gasteiger partial charge in [0.1, 0.15) is 0 Å². The van der Waals surface area contributed by atoms with Gasteiger partial charge in [0.25, 0.3) is 0 Å². The first-order chi connectivity index (χ1) is 27.2. The minimum Gasteiger partial charge on any atom is -0.355 e. The Balaban J connectivity index is 1.14. The summed E-state index contributed by atoms with van der Waals surface area (Å²) in [5.74, 6) is 0. The van der Waals surface area contributed by atoms with Gasteiger partial charge in [-0.2, -0.15) is 0 Å². The fraction of sp³-hybridized carbons (Fsp3) is 0. The van der Waals surface area contributed by atoms with E-state index in [1.54, 1.807) is 11.8 Å². The molecule has 0 fully saturated rings. The van der Waals surface area contributed by atoms with Crippen molar-refractivity contribution >= 4 is 55.8 Å². The van der Waals surface area contributed by atoms with Gasteiger partial charge in [0.2, 0.25) is 0 Å². The van der Waals surface area contributed by atoms with Crippen molar-refractivity contribution in [3.05, 3.63) is 224 Å². The molecule has 3 heteroatoms. The van der Waals surface area contributed by atoms with Gasteiger partial charge < -0.3 is 10.6 Å². The number of thioether (sulfide) groups is 1. The first kappa shape index (κ1) is 34.0. The van der Waals surface area contributed by atoms with E-state index in [1.807, 2.05) is 6.07 Å². The molecule has 0 atom stereocenters. The summed E-state index contributed by atoms with van der Waals surface area (Å²) < 4.78 is 0. The minimum absolute atomic E-state index is 1.02. The molecule has 1 aliphatic rings. The van der Waals surface area contributed by atoms with Crippen molar-refractivity contribution in [2.45, 2.75) is 4.90 Å². The molecule has 0 unspecified atom stereocenters. The third-order valence-corrected chi connectivity index (χ3v) is 11.2. The van der Waals surface area contributed by atoms with Crippen LogP contribution in [-0.2, 0) is 0 Å². The van der Waals surface area contributed by atoms with Crippen LogP contribution in [0.4, 0.5) is 22.7 Å². The van der Waals surface area contributed by atoms with E-state index < -0.39 is 0 Å². The van der Waals surface area contributed by atoms with Crippen LogP contribution in [0.2, 0.25) is 0 Å². The summed E-state index contributed by atoms with van der Waals surface area (Å²) in [7, 11) is 0. The Bertz CT molecular complexity index is 2740. The average Bonchev–Trinajstić information content (AvgIpc) is 3.24. The molecule has 8 aromatic rings. The summed E-state index contributed by atoms with van der Waals surface area (Å²) >= 11 is 1.79. The number of benzene rings is 8. The molecular formula is C52H38N2S. The highest BCUT2D eigenvalue weighted by Gasteiger charge is 2.16. The highest BCUT2D eigenvalue weighted by Crippen LogP contribution is 2.43. The predicted octanol–water partition coefficient (Wildman–Crippen LogP) is 15.0. The Kier molecular flexibility index (Phi) is 9.44. The SMILES string of the molecule is C=C1/C=C\C=C(\c2cccc(-c3cc(-c4ccc(Nc5cccc6ccccc56)c(-c5ccccc5)c4)ccc3Nc3ccccc3)c2)Sc2ccccc21. The molecule has 1 aliphatic heterocycles. The van der Waals surface area contributed by atoms with Crippen molar-refractivity contribution in [1.82, 2.24) is 0 Å². The van der Waals surface area contributed by atoms with Crippen molar-refractivity contribution in [2.24, 2.45) is 0 Å². The molecule has 55 heavy (non-hydrogen) atoms. The number of nitrogens with one attached hydrogen (secondary N) is 2. The van der Waals surface area contributed by atoms with E-state index in [0.29, 0.717) is 0 Å². The van der Waals surface area contributed by atoms with Gasteiger partial charge in [-0.15, -0.1) is 0 Å². The first-order valence-electron chi connectivity index (χ1n) is 18.5. The second-order valence-electron chi connectivity index (χ2n) is 13.6. The van der Waals surface area contributed by atoms with Crippen LogP contribution in [0, 0.1) is 0 Å². The van der Waals surface area contributed by atoms with Crippen LogP contribution >= 0.6 is 11.8 Å². The number of para-hydroxylation sites is 1. The largest absolute Gasteiger partial charge is 0.355 e. The van der Waals surface area contributed by atoms with Crippen molar-refractivity contribution in [2.75, 3.05) is 10.6 Å². The lowest BCUT2D eigenvalue weighted by molar-refractivity contribution is 1.41. The van der Waals surface area contributed by atoms with Crippen LogP contribution in [0.5, 0.6) is 0 Å². The molecule has 9 rings (SSSR count). The van der Waals surface area contributed by atoms with E-state index in [0.717, 1.165) is 61.7 Å². The maximum Gasteiger partial charge on any atom is 0.0464 e. The number of anilines is 4. The maximum absolute atomic E-state index is 4.30. The topological polar surface area (TPSA) is 24.1 Å². The number of hydrogen-bond donors (Lipinski definition) is 2. The predicted molar refractivity (Wildman–Crippen MR) is 238 cm³/mol. The minimum atomic E-state index is 1.02. The van der Waals surface area contributed by atoms with Gasteiger partial charge in [-0.3, -0.25) is 0 Å². The zero-order valence-corrected chi connectivity index (χ0v) is 31.1. The molecule has 0 bridgehead atoms. The van der Waals surface area contributed by atoms with Gasteiger partial charge >= 0.3 is 0 Å². The number of hydrogen-bond acceptors (Lipinski definition) is 3. The number of allylic oxidation sites excluding steroid dienone is 4. The van der Waals surface area contributed by atoms with Gasteiger partial charge in [-0.1, -0.05) is 164 Å². The lowest BCUT2D eigenvalue weighted by Crippen LogP contribution is -1.96. The smallest absolute Gasteiger partial charge is 0.0464 e. The lowest BCUT2D eigenvalue weighted by atomic mass is 9.93. The van der Waals surface area contributed by atoms with Crippen LogP contribution in [0.15, 0.2) is 218 Å². The summed E-state index contributed by atoms with van der Waals surface area (Å²) in [5, 5.41) is 9.92. The third kappa shape index (κ3) is 7.26. The van der Waals surface area contributed by atoms with Crippen LogP contribution in [0.3, 0.4) is 0 Å². The van der Waals surface area contributed by atoms with E-state index in [1.165, 1.54) is 31.7 Å². The van der Waals surface area contributed by atoms with Crippen LogP contribution in [0.1, 0.15) is 11.1 Å². The molecule has 8 aromatic carbocycles. The zero-order chi connectivity index (χ0) is 37.0. The quantitative estimate of drug-likeness (QED) is 0.163. The van der Waals surface area contributed by atoms with Crippen LogP contribution < -0.4 is 10.6 Å². The number of fused-ring (bicyclic) bond motifs is 2. The highest BCUT2D eigenvalue weighted by molar-refractivity contribution is 8.08. The highest BCUT2D eigenvalue weighted by atomic mass is 32.2. The monoisotopic (exact) mass is 722 g/mol. The number of rotatable bonds is 8. The molecule has 0 radical (unpaired) electrons. The molecule has 262 valence electrons. The maximum atomic E-state index is 4.30. The summed E-state index contributed by atoms with van der Waals surface area (Å²) in [4.78, 5) is 2.39. The zero-order valence-electron chi connectivity index (χ0n) is 30.2. The van der Waals surface area contributed by atoms with E-state index >= 15 is 0 Å². The fourth-order valence-corrected chi connectivity index (χ4v) is 8.31. The standard InChI is InChI=1S/C52H38N2S/c1-36-15-12-28-51(55-52-27-11-10-24-44(36)52)42-21-13-20-41(33-42)47-35-40(29-31-49(47)53-43-22-6-3-7-23-43)39-30-32-50(46(34-39)38-16-4-2-5-17-38)54-48-26-14-19-37-18-8-9-25-45(37)48/h2-35,53-54H,1H2/b15-12-,51-28-. The van der Waals surface area contributed by atoms with E-state index in [2.05, 4.69) is 217 Å². The Morgan fingerprint density at radius 2 is 1.04 bits per heavy atom. The van der Waals surface area contributed by atoms with E-state index in [-0.39, 0.29) is 0 Å². The Morgan fingerprint density at radius 1 is 0.418 bits per heavy atom. The lowest BCUT2D eigenvalue weighted by Gasteiger charge is -2.18. The normalized spacial score (nSPS) is 13.9. The summed E-state index contributed by atoms with van der Waals surface area (Å²) in [6.45, 7) is 4.30. The molecule has 0 saturated heterocycles. The molecule has 0 amide bonds. The van der Waals surface area contributed by atoms with Crippen molar-refractivity contribution in [3.8, 4) is 33.4 Å². The van der Waals surface area contributed by atoms with Crippen molar-refractivity contribution in [3.63, 3.8) is 0 Å². The Labute approximate surface area is 327 Å². The first-order valence-corrected chi connectivity index (χ1v) is 19.3. The summed E-state index contributed by atoms with van der Waals surface area (Å²) in [6, 6.07) is 66.9. The molecule has 0 spiro atoms. The second-order valence-corrected chi connectivity index (χ2v) is 14.7. The van der Waals surface area contributed by atoms with Crippen LogP contribution in [0.25, 0.3) is 54.6 Å². The van der Waals surface area contributed by atoms with Gasteiger partial charge in [-0.05, 0) is 105 Å². The average molecular weight is 723 g/mol. The molecular weight excluding hydrogens is 685 g/mol. The van der Waals surface area contributed by atoms with Crippen molar-refractivity contribution < 1.29 is 0 Å². The molecule has 0 aliphatic carbocycles. The van der Waals surface area contributed by atoms with E-state index in [4.69, 9.17) is 0 Å². The molecule has 0 aromatic heterocycles. The van der Waals surface area contributed by atoms with Crippen LogP contribution in [-0.4, -0.2) is 0 Å². The molecule has 0 saturated carbocycles. The third-order valence-electron chi connectivity index (χ3n) is 10.0. The Morgan fingerprint density at radius 3 is 1.85 bits per heavy atom. The summed E-state index contributed by atoms with van der Waals surface area (Å²) in [6.07, 6.45) is 6.41. The molecule has 2 nitrogen and oxygen atoms in total. The van der Waals surface area contributed by atoms with Gasteiger partial charge in [0, 0.05) is 49.1 Å².